The predicted octanol–water partition coefficient (Wildman–Crippen LogP) is 17.9. The Labute approximate surface area is 416 Å². The van der Waals surface area contributed by atoms with Gasteiger partial charge in [-0.1, -0.05) is 277 Å². The van der Waals surface area contributed by atoms with Crippen molar-refractivity contribution in [2.75, 3.05) is 47.5 Å². The fraction of sp³-hybridized carbons (Fsp3) is 0.965. The summed E-state index contributed by atoms with van der Waals surface area (Å²) in [4.78, 5) is 35.5. The summed E-state index contributed by atoms with van der Waals surface area (Å²) in [6.45, 7) is 4.48. The molecule has 2 atom stereocenters. The molecule has 0 aromatic rings. The van der Waals surface area contributed by atoms with Gasteiger partial charge < -0.3 is 18.9 Å². The number of phosphoric ester groups is 1. The van der Waals surface area contributed by atoms with E-state index >= 15 is 0 Å². The molecule has 0 fully saturated rings. The van der Waals surface area contributed by atoms with Gasteiger partial charge in [0.1, 0.15) is 19.8 Å². The molecule has 9 nitrogen and oxygen atoms in total. The smallest absolute Gasteiger partial charge is 0.462 e. The molecule has 2 unspecified atom stereocenters. The van der Waals surface area contributed by atoms with Crippen LogP contribution in [0.3, 0.4) is 0 Å². The minimum atomic E-state index is -4.37. The van der Waals surface area contributed by atoms with Gasteiger partial charge in [0.15, 0.2) is 6.10 Å². The maximum atomic E-state index is 12.8. The van der Waals surface area contributed by atoms with Crippen LogP contribution in [0.2, 0.25) is 0 Å². The van der Waals surface area contributed by atoms with Crippen LogP contribution >= 0.6 is 7.82 Å². The summed E-state index contributed by atoms with van der Waals surface area (Å²) >= 11 is 0. The SMILES string of the molecule is CCCCCCCCCCCCCCCCCCCCCCCCCCCCCCCCCCC(=O)OC(COC(=O)CCCCCCCCCCCCC)COP(=O)(O)OCC[N+](C)(C)C. The zero-order valence-electron chi connectivity index (χ0n) is 45.4. The number of rotatable bonds is 55. The molecular weight excluding hydrogens is 858 g/mol. The second-order valence-corrected chi connectivity index (χ2v) is 22.9. The number of carbonyl (C=O) groups excluding carboxylic acids is 2. The summed E-state index contributed by atoms with van der Waals surface area (Å²) in [7, 11) is 1.50. The first kappa shape index (κ1) is 66.0. The number of esters is 2. The highest BCUT2D eigenvalue weighted by atomic mass is 31.2. The van der Waals surface area contributed by atoms with E-state index in [1.807, 2.05) is 21.1 Å². The van der Waals surface area contributed by atoms with Gasteiger partial charge in [0.2, 0.25) is 0 Å². The molecule has 0 heterocycles. The van der Waals surface area contributed by atoms with Gasteiger partial charge in [-0.15, -0.1) is 0 Å². The van der Waals surface area contributed by atoms with Crippen LogP contribution in [0.4, 0.5) is 0 Å². The minimum absolute atomic E-state index is 0.0371. The van der Waals surface area contributed by atoms with Crippen molar-refractivity contribution in [1.82, 2.24) is 0 Å². The first-order valence-corrected chi connectivity index (χ1v) is 30.8. The summed E-state index contributed by atoms with van der Waals surface area (Å²) in [5.74, 6) is -0.779. The average Bonchev–Trinajstić information content (AvgIpc) is 3.29. The van der Waals surface area contributed by atoms with E-state index in [1.54, 1.807) is 0 Å². The lowest BCUT2D eigenvalue weighted by Gasteiger charge is -2.24. The maximum absolute atomic E-state index is 12.8. The van der Waals surface area contributed by atoms with E-state index < -0.39 is 26.5 Å². The quantitative estimate of drug-likeness (QED) is 0.0278. The summed E-state index contributed by atoms with van der Waals surface area (Å²) in [5.41, 5.74) is 0. The van der Waals surface area contributed by atoms with E-state index in [4.69, 9.17) is 18.5 Å². The van der Waals surface area contributed by atoms with Crippen LogP contribution in [-0.2, 0) is 32.7 Å². The monoisotopic (exact) mass is 973 g/mol. The Kier molecular flexibility index (Phi) is 49.2. The number of nitrogens with zero attached hydrogens (tertiary/aromatic N) is 1. The van der Waals surface area contributed by atoms with Crippen LogP contribution in [0, 0.1) is 0 Å². The molecule has 10 heteroatoms. The first-order valence-electron chi connectivity index (χ1n) is 29.3. The Bertz CT molecular complexity index is 1100. The van der Waals surface area contributed by atoms with Crippen LogP contribution in [0.5, 0.6) is 0 Å². The number of unbranched alkanes of at least 4 members (excludes halogenated alkanes) is 41. The Morgan fingerprint density at radius 1 is 0.403 bits per heavy atom. The number of hydrogen-bond acceptors (Lipinski definition) is 7. The molecule has 0 saturated heterocycles. The molecule has 1 N–H and O–H groups in total. The van der Waals surface area contributed by atoms with E-state index in [9.17, 15) is 19.0 Å². The molecular formula is C57H115NO8P+. The topological polar surface area (TPSA) is 108 Å². The van der Waals surface area contributed by atoms with Crippen LogP contribution in [0.25, 0.3) is 0 Å². The maximum Gasteiger partial charge on any atom is 0.472 e. The third kappa shape index (κ3) is 54.2. The molecule has 67 heavy (non-hydrogen) atoms. The van der Waals surface area contributed by atoms with Gasteiger partial charge in [-0.05, 0) is 12.8 Å². The van der Waals surface area contributed by atoms with E-state index in [0.29, 0.717) is 17.4 Å². The Balaban J connectivity index is 3.92. The lowest BCUT2D eigenvalue weighted by molar-refractivity contribution is -0.870. The number of phosphoric acid groups is 1. The molecule has 0 aromatic heterocycles. The van der Waals surface area contributed by atoms with Crippen molar-refractivity contribution in [3.8, 4) is 0 Å². The van der Waals surface area contributed by atoms with Crippen molar-refractivity contribution in [2.45, 2.75) is 309 Å². The largest absolute Gasteiger partial charge is 0.472 e. The standard InChI is InChI=1S/C57H114NO8P/c1-6-8-10-12-14-16-18-19-20-21-22-23-24-25-26-27-28-29-30-31-32-33-34-35-36-37-38-40-42-44-46-48-50-57(60)66-55(54-65-67(61,62)64-52-51-58(3,4)5)53-63-56(59)49-47-45-43-41-39-17-15-13-11-9-7-2/h55H,6-54H2,1-5H3/p+1. The van der Waals surface area contributed by atoms with E-state index in [2.05, 4.69) is 13.8 Å². The van der Waals surface area contributed by atoms with Crippen molar-refractivity contribution >= 4 is 19.8 Å². The van der Waals surface area contributed by atoms with Crippen molar-refractivity contribution in [3.63, 3.8) is 0 Å². The number of ether oxygens (including phenoxy) is 2. The zero-order valence-corrected chi connectivity index (χ0v) is 46.3. The lowest BCUT2D eigenvalue weighted by atomic mass is 10.0. The molecule has 0 rings (SSSR count). The molecule has 0 aliphatic carbocycles. The third-order valence-electron chi connectivity index (χ3n) is 13.4. The van der Waals surface area contributed by atoms with Crippen molar-refractivity contribution in [2.24, 2.45) is 0 Å². The summed E-state index contributed by atoms with van der Waals surface area (Å²) in [5, 5.41) is 0. The second kappa shape index (κ2) is 50.0. The van der Waals surface area contributed by atoms with Gasteiger partial charge in [-0.3, -0.25) is 18.6 Å². The molecule has 0 aliphatic heterocycles. The fourth-order valence-corrected chi connectivity index (χ4v) is 9.58. The Morgan fingerprint density at radius 2 is 0.672 bits per heavy atom. The van der Waals surface area contributed by atoms with Gasteiger partial charge in [0, 0.05) is 12.8 Å². The van der Waals surface area contributed by atoms with Crippen molar-refractivity contribution < 1.29 is 42.1 Å². The predicted molar refractivity (Wildman–Crippen MR) is 285 cm³/mol. The molecule has 400 valence electrons. The van der Waals surface area contributed by atoms with Gasteiger partial charge in [0.25, 0.3) is 0 Å². The highest BCUT2D eigenvalue weighted by molar-refractivity contribution is 7.47. The summed E-state index contributed by atoms with van der Waals surface area (Å²) in [6.07, 6.45) is 56.3. The summed E-state index contributed by atoms with van der Waals surface area (Å²) in [6, 6.07) is 0. The van der Waals surface area contributed by atoms with Gasteiger partial charge in [0.05, 0.1) is 27.7 Å². The number of quaternary nitrogens is 1. The highest BCUT2D eigenvalue weighted by Crippen LogP contribution is 2.43. The van der Waals surface area contributed by atoms with Crippen LogP contribution in [0.15, 0.2) is 0 Å². The Hall–Kier alpha value is -0.990. The first-order chi connectivity index (χ1) is 32.5. The van der Waals surface area contributed by atoms with Crippen LogP contribution in [-0.4, -0.2) is 74.9 Å². The van der Waals surface area contributed by atoms with Gasteiger partial charge in [-0.2, -0.15) is 0 Å². The fourth-order valence-electron chi connectivity index (χ4n) is 8.84. The number of likely N-dealkylation sites (N-methyl/N-ethyl adjacent to an activating group) is 1. The number of hydrogen-bond donors (Lipinski definition) is 1. The van der Waals surface area contributed by atoms with Crippen LogP contribution in [0.1, 0.15) is 303 Å². The zero-order chi connectivity index (χ0) is 49.2. The molecule has 0 radical (unpaired) electrons. The molecule has 0 bridgehead atoms. The third-order valence-corrected chi connectivity index (χ3v) is 14.4. The Morgan fingerprint density at radius 3 is 0.955 bits per heavy atom. The lowest BCUT2D eigenvalue weighted by Crippen LogP contribution is -2.37. The number of carbonyl (C=O) groups is 2. The van der Waals surface area contributed by atoms with Gasteiger partial charge in [-0.25, -0.2) is 4.57 Å². The molecule has 0 aliphatic rings. The molecule has 0 amide bonds. The van der Waals surface area contributed by atoms with Crippen LogP contribution < -0.4 is 0 Å². The minimum Gasteiger partial charge on any atom is -0.462 e. The van der Waals surface area contributed by atoms with E-state index in [-0.39, 0.29) is 25.6 Å². The normalized spacial score (nSPS) is 13.2. The molecule has 0 aromatic carbocycles. The van der Waals surface area contributed by atoms with E-state index in [1.165, 1.54) is 238 Å². The van der Waals surface area contributed by atoms with Gasteiger partial charge >= 0.3 is 19.8 Å². The average molecular weight is 974 g/mol. The molecule has 0 saturated carbocycles. The second-order valence-electron chi connectivity index (χ2n) is 21.4. The van der Waals surface area contributed by atoms with Crippen molar-refractivity contribution in [3.05, 3.63) is 0 Å². The van der Waals surface area contributed by atoms with E-state index in [0.717, 1.165) is 38.5 Å². The summed E-state index contributed by atoms with van der Waals surface area (Å²) < 4.78 is 34.5. The van der Waals surface area contributed by atoms with Crippen molar-refractivity contribution in [1.29, 1.82) is 0 Å². The highest BCUT2D eigenvalue weighted by Gasteiger charge is 2.27. The molecule has 0 spiro atoms.